The molecule has 5 heteroatoms. The van der Waals surface area contributed by atoms with Crippen LogP contribution in [0, 0.1) is 0 Å². The van der Waals surface area contributed by atoms with Gasteiger partial charge in [0, 0.05) is 12.1 Å². The first kappa shape index (κ1) is 8.55. The van der Waals surface area contributed by atoms with Gasteiger partial charge >= 0.3 is 5.63 Å². The van der Waals surface area contributed by atoms with Crippen molar-refractivity contribution in [3.8, 4) is 11.5 Å². The number of phenolic OH excluding ortho intramolecular Hbond substituents is 1. The van der Waals surface area contributed by atoms with E-state index in [4.69, 9.17) is 4.74 Å². The maximum absolute atomic E-state index is 11.2. The van der Waals surface area contributed by atoms with E-state index in [-0.39, 0.29) is 16.9 Å². The summed E-state index contributed by atoms with van der Waals surface area (Å²) in [6, 6.07) is 2.74. The van der Waals surface area contributed by atoms with Crippen LogP contribution in [0.4, 0.5) is 0 Å². The first-order chi connectivity index (χ1) is 6.72. The van der Waals surface area contributed by atoms with E-state index in [0.29, 0.717) is 5.52 Å². The quantitative estimate of drug-likeness (QED) is 0.728. The molecule has 0 aliphatic rings. The van der Waals surface area contributed by atoms with Gasteiger partial charge in [-0.1, -0.05) is 0 Å². The van der Waals surface area contributed by atoms with Crippen LogP contribution in [0.3, 0.4) is 0 Å². The minimum Gasteiger partial charge on any atom is -0.504 e. The van der Waals surface area contributed by atoms with E-state index >= 15 is 0 Å². The first-order valence-electron chi connectivity index (χ1n) is 3.87. The molecule has 0 saturated heterocycles. The third kappa shape index (κ3) is 1.19. The van der Waals surface area contributed by atoms with E-state index in [2.05, 4.69) is 9.40 Å². The molecule has 0 atom stereocenters. The normalized spacial score (nSPS) is 10.4. The van der Waals surface area contributed by atoms with Gasteiger partial charge < -0.3 is 14.3 Å². The smallest absolute Gasteiger partial charge is 0.346 e. The summed E-state index contributed by atoms with van der Waals surface area (Å²) in [5.41, 5.74) is -0.108. The number of nitrogens with zero attached hydrogens (tertiary/aromatic N) is 1. The number of ether oxygens (including phenoxy) is 1. The van der Waals surface area contributed by atoms with Crippen LogP contribution in [0.1, 0.15) is 0 Å². The highest BCUT2D eigenvalue weighted by Gasteiger charge is 2.07. The van der Waals surface area contributed by atoms with Gasteiger partial charge in [-0.2, -0.15) is 0 Å². The molecule has 0 aliphatic heterocycles. The van der Waals surface area contributed by atoms with Crippen LogP contribution in [0.25, 0.3) is 10.9 Å². The topological polar surface area (TPSA) is 72.6 Å². The Bertz CT molecular complexity index is 532. The number of aromatic nitrogens is 1. The van der Waals surface area contributed by atoms with E-state index in [1.54, 1.807) is 0 Å². The molecule has 0 unspecified atom stereocenters. The Labute approximate surface area is 78.6 Å². The maximum Gasteiger partial charge on any atom is 0.346 e. The zero-order chi connectivity index (χ0) is 10.1. The highest BCUT2D eigenvalue weighted by molar-refractivity contribution is 5.80. The third-order valence-electron chi connectivity index (χ3n) is 1.87. The number of phenols is 1. The molecule has 1 aromatic heterocycles. The molecule has 0 amide bonds. The number of aromatic hydroxyl groups is 1. The molecule has 1 heterocycles. The number of methoxy groups -OCH3 is 1. The van der Waals surface area contributed by atoms with Gasteiger partial charge in [0.2, 0.25) is 0 Å². The Morgan fingerprint density at radius 3 is 3.00 bits per heavy atom. The Hall–Kier alpha value is -2.04. The lowest BCUT2D eigenvalue weighted by atomic mass is 10.2. The van der Waals surface area contributed by atoms with Crippen molar-refractivity contribution in [3.05, 3.63) is 28.9 Å². The van der Waals surface area contributed by atoms with Crippen molar-refractivity contribution in [2.24, 2.45) is 0 Å². The van der Waals surface area contributed by atoms with Crippen molar-refractivity contribution < 1.29 is 14.3 Å². The summed E-state index contributed by atoms with van der Waals surface area (Å²) < 4.78 is 9.42. The fraction of sp³-hybridized carbons (Fsp3) is 0.111. The van der Waals surface area contributed by atoms with Crippen molar-refractivity contribution >= 4 is 10.9 Å². The zero-order valence-corrected chi connectivity index (χ0v) is 7.35. The van der Waals surface area contributed by atoms with E-state index < -0.39 is 5.63 Å². The summed E-state index contributed by atoms with van der Waals surface area (Å²) in [5.74, 6) is 0.163. The number of rotatable bonds is 1. The standard InChI is InChI=1S/C9H7NO4/c1-13-8-3-6-5(2-7(8)11)9(12)14-4-10-6/h2-4,11H,1H3. The molecule has 2 aromatic rings. The summed E-state index contributed by atoms with van der Waals surface area (Å²) in [5, 5.41) is 9.63. The van der Waals surface area contributed by atoms with Crippen LogP contribution in [-0.4, -0.2) is 17.2 Å². The average Bonchev–Trinajstić information content (AvgIpc) is 2.19. The van der Waals surface area contributed by atoms with Crippen LogP contribution in [0.5, 0.6) is 11.5 Å². The summed E-state index contributed by atoms with van der Waals surface area (Å²) in [6.07, 6.45) is 1.06. The average molecular weight is 193 g/mol. The summed E-state index contributed by atoms with van der Waals surface area (Å²) in [4.78, 5) is 15.0. The van der Waals surface area contributed by atoms with Gasteiger partial charge in [-0.15, -0.1) is 0 Å². The van der Waals surface area contributed by atoms with Crippen molar-refractivity contribution in [2.45, 2.75) is 0 Å². The number of hydrogen-bond acceptors (Lipinski definition) is 5. The van der Waals surface area contributed by atoms with Crippen molar-refractivity contribution in [3.63, 3.8) is 0 Å². The molecular formula is C9H7NO4. The molecule has 1 N–H and O–H groups in total. The highest BCUT2D eigenvalue weighted by Crippen LogP contribution is 2.28. The lowest BCUT2D eigenvalue weighted by Crippen LogP contribution is -2.00. The Morgan fingerprint density at radius 1 is 1.50 bits per heavy atom. The second kappa shape index (κ2) is 3.02. The summed E-state index contributed by atoms with van der Waals surface area (Å²) >= 11 is 0. The van der Waals surface area contributed by atoms with Crippen LogP contribution < -0.4 is 10.4 Å². The van der Waals surface area contributed by atoms with E-state index in [0.717, 1.165) is 6.39 Å². The molecule has 0 bridgehead atoms. The molecule has 0 saturated carbocycles. The minimum absolute atomic E-state index is 0.111. The van der Waals surface area contributed by atoms with E-state index in [1.807, 2.05) is 0 Å². The highest BCUT2D eigenvalue weighted by atomic mass is 16.5. The van der Waals surface area contributed by atoms with Crippen molar-refractivity contribution in [2.75, 3.05) is 7.11 Å². The maximum atomic E-state index is 11.2. The predicted molar refractivity (Wildman–Crippen MR) is 48.5 cm³/mol. The number of benzene rings is 1. The number of fused-ring (bicyclic) bond motifs is 1. The van der Waals surface area contributed by atoms with Crippen molar-refractivity contribution in [1.29, 1.82) is 0 Å². The monoisotopic (exact) mass is 193 g/mol. The van der Waals surface area contributed by atoms with Gasteiger partial charge in [0.05, 0.1) is 18.0 Å². The van der Waals surface area contributed by atoms with Gasteiger partial charge in [0.15, 0.2) is 17.9 Å². The van der Waals surface area contributed by atoms with Crippen LogP contribution in [0.2, 0.25) is 0 Å². The Kier molecular flexibility index (Phi) is 1.85. The van der Waals surface area contributed by atoms with Crippen LogP contribution in [-0.2, 0) is 0 Å². The molecule has 14 heavy (non-hydrogen) atoms. The fourth-order valence-electron chi connectivity index (χ4n) is 1.19. The second-order valence-corrected chi connectivity index (χ2v) is 2.68. The lowest BCUT2D eigenvalue weighted by Gasteiger charge is -2.03. The Balaban J connectivity index is 2.86. The van der Waals surface area contributed by atoms with Gasteiger partial charge in [-0.25, -0.2) is 9.78 Å². The summed E-state index contributed by atoms with van der Waals surface area (Å²) in [6.45, 7) is 0. The van der Waals surface area contributed by atoms with E-state index in [1.165, 1.54) is 19.2 Å². The predicted octanol–water partition coefficient (Wildman–Crippen LogP) is 0.902. The SMILES string of the molecule is COc1cc2ncoc(=O)c2cc1O. The Morgan fingerprint density at radius 2 is 2.29 bits per heavy atom. The molecule has 72 valence electrons. The lowest BCUT2D eigenvalue weighted by molar-refractivity contribution is 0.374. The van der Waals surface area contributed by atoms with Gasteiger partial charge in [-0.3, -0.25) is 0 Å². The van der Waals surface area contributed by atoms with Gasteiger partial charge in [0.1, 0.15) is 0 Å². The van der Waals surface area contributed by atoms with Crippen molar-refractivity contribution in [1.82, 2.24) is 4.98 Å². The van der Waals surface area contributed by atoms with Crippen LogP contribution >= 0.6 is 0 Å². The molecule has 0 aliphatic carbocycles. The molecule has 2 rings (SSSR count). The zero-order valence-electron chi connectivity index (χ0n) is 7.35. The summed E-state index contributed by atoms with van der Waals surface area (Å²) in [7, 11) is 1.42. The van der Waals surface area contributed by atoms with E-state index in [9.17, 15) is 9.90 Å². The molecular weight excluding hydrogens is 186 g/mol. The molecule has 1 aromatic carbocycles. The first-order valence-corrected chi connectivity index (χ1v) is 3.87. The number of hydrogen-bond donors (Lipinski definition) is 1. The van der Waals surface area contributed by atoms with Crippen LogP contribution in [0.15, 0.2) is 27.7 Å². The third-order valence-corrected chi connectivity index (χ3v) is 1.87. The molecule has 0 radical (unpaired) electrons. The molecule has 5 nitrogen and oxygen atoms in total. The minimum atomic E-state index is -0.534. The van der Waals surface area contributed by atoms with Gasteiger partial charge in [-0.05, 0) is 0 Å². The molecule has 0 spiro atoms. The second-order valence-electron chi connectivity index (χ2n) is 2.68. The fourth-order valence-corrected chi connectivity index (χ4v) is 1.19. The largest absolute Gasteiger partial charge is 0.504 e. The van der Waals surface area contributed by atoms with Gasteiger partial charge in [0.25, 0.3) is 0 Å². The molecule has 0 fully saturated rings.